The Kier molecular flexibility index (Phi) is 4.27. The second-order valence-corrected chi connectivity index (χ2v) is 8.67. The van der Waals surface area contributed by atoms with E-state index in [-0.39, 0.29) is 23.8 Å². The summed E-state index contributed by atoms with van der Waals surface area (Å²) in [5.74, 6) is 2.55. The van der Waals surface area contributed by atoms with Gasteiger partial charge in [-0.3, -0.25) is 9.59 Å². The van der Waals surface area contributed by atoms with Gasteiger partial charge in [-0.2, -0.15) is 0 Å². The zero-order valence-corrected chi connectivity index (χ0v) is 15.3. The lowest BCUT2D eigenvalue weighted by atomic mass is 9.53. The van der Waals surface area contributed by atoms with Crippen molar-refractivity contribution in [2.75, 3.05) is 6.61 Å². The SMILES string of the molecule is CC(=O)c1cc(Cl)ccc1OCC(=O)NC12CC3CC(CC(C3)C1)C2. The summed E-state index contributed by atoms with van der Waals surface area (Å²) in [6.07, 6.45) is 7.38. The first kappa shape index (κ1) is 16.9. The van der Waals surface area contributed by atoms with Crippen LogP contribution in [0.3, 0.4) is 0 Å². The van der Waals surface area contributed by atoms with Gasteiger partial charge in [-0.05, 0) is 81.4 Å². The van der Waals surface area contributed by atoms with Crippen molar-refractivity contribution in [3.05, 3.63) is 28.8 Å². The van der Waals surface area contributed by atoms with Gasteiger partial charge in [-0.1, -0.05) is 11.6 Å². The van der Waals surface area contributed by atoms with Crippen molar-refractivity contribution in [3.8, 4) is 5.75 Å². The monoisotopic (exact) mass is 361 g/mol. The Hall–Kier alpha value is -1.55. The molecule has 0 saturated heterocycles. The van der Waals surface area contributed by atoms with Crippen LogP contribution in [0.2, 0.25) is 5.02 Å². The number of hydrogen-bond acceptors (Lipinski definition) is 3. The number of halogens is 1. The average Bonchev–Trinajstić information content (AvgIpc) is 2.51. The zero-order chi connectivity index (χ0) is 17.6. The standard InChI is InChI=1S/C20H24ClNO3/c1-12(23)17-7-16(21)2-3-18(17)25-11-19(24)22-20-8-13-4-14(9-20)6-15(5-13)10-20/h2-3,7,13-15H,4-6,8-11H2,1H3,(H,22,24). The second-order valence-electron chi connectivity index (χ2n) is 8.23. The molecule has 4 aliphatic rings. The van der Waals surface area contributed by atoms with Crippen LogP contribution in [0, 0.1) is 17.8 Å². The smallest absolute Gasteiger partial charge is 0.258 e. The first-order valence-electron chi connectivity index (χ1n) is 9.17. The van der Waals surface area contributed by atoms with Crippen molar-refractivity contribution in [2.24, 2.45) is 17.8 Å². The van der Waals surface area contributed by atoms with Crippen LogP contribution in [-0.4, -0.2) is 23.8 Å². The van der Waals surface area contributed by atoms with Crippen molar-refractivity contribution in [1.29, 1.82) is 0 Å². The summed E-state index contributed by atoms with van der Waals surface area (Å²) in [7, 11) is 0. The predicted octanol–water partition coefficient (Wildman–Crippen LogP) is 4.01. The number of nitrogens with one attached hydrogen (secondary N) is 1. The van der Waals surface area contributed by atoms with Crippen LogP contribution in [0.4, 0.5) is 0 Å². The normalized spacial score (nSPS) is 32.5. The lowest BCUT2D eigenvalue weighted by Gasteiger charge is -2.56. The fourth-order valence-electron chi connectivity index (χ4n) is 5.64. The van der Waals surface area contributed by atoms with Gasteiger partial charge in [-0.15, -0.1) is 0 Å². The van der Waals surface area contributed by atoms with Gasteiger partial charge in [0, 0.05) is 10.6 Å². The van der Waals surface area contributed by atoms with Gasteiger partial charge >= 0.3 is 0 Å². The van der Waals surface area contributed by atoms with Gasteiger partial charge in [0.25, 0.3) is 5.91 Å². The van der Waals surface area contributed by atoms with E-state index in [1.165, 1.54) is 26.2 Å². The van der Waals surface area contributed by atoms with E-state index in [0.717, 1.165) is 37.0 Å². The molecule has 4 saturated carbocycles. The lowest BCUT2D eigenvalue weighted by Crippen LogP contribution is -2.60. The molecule has 0 atom stereocenters. The van der Waals surface area contributed by atoms with E-state index >= 15 is 0 Å². The highest BCUT2D eigenvalue weighted by Crippen LogP contribution is 2.55. The third-order valence-electron chi connectivity index (χ3n) is 6.12. The number of carbonyl (C=O) groups excluding carboxylic acids is 2. The molecule has 1 aromatic carbocycles. The fraction of sp³-hybridized carbons (Fsp3) is 0.600. The molecule has 0 aliphatic heterocycles. The van der Waals surface area contributed by atoms with Crippen LogP contribution in [-0.2, 0) is 4.79 Å². The number of amides is 1. The Balaban J connectivity index is 1.40. The molecule has 4 nitrogen and oxygen atoms in total. The first-order chi connectivity index (χ1) is 11.9. The predicted molar refractivity (Wildman–Crippen MR) is 96.0 cm³/mol. The molecule has 5 rings (SSSR count). The molecule has 5 heteroatoms. The topological polar surface area (TPSA) is 55.4 Å². The molecule has 1 N–H and O–H groups in total. The molecule has 0 aromatic heterocycles. The van der Waals surface area contributed by atoms with Crippen LogP contribution in [0.1, 0.15) is 55.8 Å². The van der Waals surface area contributed by atoms with Gasteiger partial charge in [0.05, 0.1) is 5.56 Å². The molecule has 0 spiro atoms. The number of rotatable bonds is 5. The molecule has 4 bridgehead atoms. The van der Waals surface area contributed by atoms with E-state index in [0.29, 0.717) is 16.3 Å². The number of carbonyl (C=O) groups is 2. The molecule has 25 heavy (non-hydrogen) atoms. The highest BCUT2D eigenvalue weighted by Gasteiger charge is 2.51. The maximum Gasteiger partial charge on any atom is 0.258 e. The largest absolute Gasteiger partial charge is 0.483 e. The number of ether oxygens (including phenoxy) is 1. The van der Waals surface area contributed by atoms with Crippen LogP contribution >= 0.6 is 11.6 Å². The summed E-state index contributed by atoms with van der Waals surface area (Å²) >= 11 is 5.94. The Bertz CT molecular complexity index is 680. The quantitative estimate of drug-likeness (QED) is 0.806. The maximum atomic E-state index is 12.5. The van der Waals surface area contributed by atoms with Gasteiger partial charge < -0.3 is 10.1 Å². The third kappa shape index (κ3) is 3.41. The highest BCUT2D eigenvalue weighted by atomic mass is 35.5. The van der Waals surface area contributed by atoms with E-state index in [1.807, 2.05) is 0 Å². The summed E-state index contributed by atoms with van der Waals surface area (Å²) in [5.41, 5.74) is 0.397. The molecular formula is C20H24ClNO3. The molecule has 134 valence electrons. The van der Waals surface area contributed by atoms with E-state index in [4.69, 9.17) is 16.3 Å². The lowest BCUT2D eigenvalue weighted by molar-refractivity contribution is -0.128. The Morgan fingerprint density at radius 3 is 2.32 bits per heavy atom. The van der Waals surface area contributed by atoms with Crippen molar-refractivity contribution in [3.63, 3.8) is 0 Å². The highest BCUT2D eigenvalue weighted by molar-refractivity contribution is 6.31. The van der Waals surface area contributed by atoms with Crippen LogP contribution in [0.25, 0.3) is 0 Å². The number of Topliss-reactive ketones (excluding diaryl/α,β-unsaturated/α-hetero) is 1. The van der Waals surface area contributed by atoms with E-state index in [9.17, 15) is 9.59 Å². The third-order valence-corrected chi connectivity index (χ3v) is 6.36. The second kappa shape index (κ2) is 6.31. The molecule has 0 unspecified atom stereocenters. The summed E-state index contributed by atoms with van der Waals surface area (Å²) in [5, 5.41) is 3.76. The minimum absolute atomic E-state index is 0.0153. The van der Waals surface area contributed by atoms with Crippen molar-refractivity contribution in [1.82, 2.24) is 5.32 Å². The average molecular weight is 362 g/mol. The van der Waals surface area contributed by atoms with Crippen LogP contribution in [0.5, 0.6) is 5.75 Å². The number of ketones is 1. The minimum atomic E-state index is -0.126. The van der Waals surface area contributed by atoms with Gasteiger partial charge in [0.15, 0.2) is 12.4 Å². The number of hydrogen-bond donors (Lipinski definition) is 1. The molecule has 1 amide bonds. The Labute approximate surface area is 153 Å². The summed E-state index contributed by atoms with van der Waals surface area (Å²) in [4.78, 5) is 24.2. The van der Waals surface area contributed by atoms with E-state index in [2.05, 4.69) is 5.32 Å². The summed E-state index contributed by atoms with van der Waals surface area (Å²) in [6, 6.07) is 4.90. The van der Waals surface area contributed by atoms with E-state index < -0.39 is 0 Å². The van der Waals surface area contributed by atoms with Crippen LogP contribution < -0.4 is 10.1 Å². The first-order valence-corrected chi connectivity index (χ1v) is 9.54. The molecule has 0 heterocycles. The van der Waals surface area contributed by atoms with E-state index in [1.54, 1.807) is 18.2 Å². The van der Waals surface area contributed by atoms with Gasteiger partial charge in [0.1, 0.15) is 5.75 Å². The van der Waals surface area contributed by atoms with Crippen molar-refractivity contribution >= 4 is 23.3 Å². The fourth-order valence-corrected chi connectivity index (χ4v) is 5.81. The van der Waals surface area contributed by atoms with Gasteiger partial charge in [0.2, 0.25) is 0 Å². The number of benzene rings is 1. The Morgan fingerprint density at radius 2 is 1.76 bits per heavy atom. The summed E-state index contributed by atoms with van der Waals surface area (Å²) in [6.45, 7) is 1.40. The molecule has 0 radical (unpaired) electrons. The van der Waals surface area contributed by atoms with Crippen molar-refractivity contribution < 1.29 is 14.3 Å². The molecule has 1 aromatic rings. The molecule has 4 fully saturated rings. The zero-order valence-electron chi connectivity index (χ0n) is 14.5. The summed E-state index contributed by atoms with van der Waals surface area (Å²) < 4.78 is 5.64. The van der Waals surface area contributed by atoms with Crippen LogP contribution in [0.15, 0.2) is 18.2 Å². The van der Waals surface area contributed by atoms with Gasteiger partial charge in [-0.25, -0.2) is 0 Å². The molecule has 4 aliphatic carbocycles. The minimum Gasteiger partial charge on any atom is -0.483 e. The van der Waals surface area contributed by atoms with Crippen molar-refractivity contribution in [2.45, 2.75) is 51.0 Å². The molecular weight excluding hydrogens is 338 g/mol. The Morgan fingerprint density at radius 1 is 1.16 bits per heavy atom. The maximum absolute atomic E-state index is 12.5.